The summed E-state index contributed by atoms with van der Waals surface area (Å²) in [5.41, 5.74) is -2.71. The molecule has 6 nitrogen and oxygen atoms in total. The third-order valence-corrected chi connectivity index (χ3v) is 7.43. The van der Waals surface area contributed by atoms with Gasteiger partial charge in [-0.1, -0.05) is 0 Å². The van der Waals surface area contributed by atoms with Gasteiger partial charge in [0.2, 0.25) is 0 Å². The van der Waals surface area contributed by atoms with E-state index in [0.29, 0.717) is 11.3 Å². The van der Waals surface area contributed by atoms with Gasteiger partial charge >= 0.3 is 6.18 Å². The van der Waals surface area contributed by atoms with Crippen LogP contribution in [0.1, 0.15) is 33.6 Å². The van der Waals surface area contributed by atoms with Crippen LogP contribution in [0, 0.1) is 24.1 Å². The summed E-state index contributed by atoms with van der Waals surface area (Å²) in [6, 6.07) is 5.91. The Morgan fingerprint density at radius 1 is 1.28 bits per heavy atom. The predicted octanol–water partition coefficient (Wildman–Crippen LogP) is 3.69. The highest BCUT2D eigenvalue weighted by molar-refractivity contribution is 7.91. The van der Waals surface area contributed by atoms with E-state index >= 15 is 0 Å². The number of thiophene rings is 1. The summed E-state index contributed by atoms with van der Waals surface area (Å²) < 4.78 is 78.6. The molecular formula is C17H13F4N3O3S2. The molecule has 0 aliphatic heterocycles. The fourth-order valence-electron chi connectivity index (χ4n) is 2.58. The molecule has 1 heterocycles. The van der Waals surface area contributed by atoms with Gasteiger partial charge in [-0.25, -0.2) is 12.8 Å². The van der Waals surface area contributed by atoms with Crippen LogP contribution in [0.15, 0.2) is 28.5 Å². The monoisotopic (exact) mass is 447 g/mol. The van der Waals surface area contributed by atoms with Crippen molar-refractivity contribution in [3.05, 3.63) is 46.1 Å². The largest absolute Gasteiger partial charge is 0.407 e. The number of alkyl halides is 3. The van der Waals surface area contributed by atoms with Crippen molar-refractivity contribution in [2.45, 2.75) is 35.7 Å². The number of amides is 1. The van der Waals surface area contributed by atoms with Gasteiger partial charge in [-0.2, -0.15) is 23.2 Å². The molecule has 1 fully saturated rings. The van der Waals surface area contributed by atoms with Gasteiger partial charge in [0.05, 0.1) is 11.1 Å². The molecule has 1 amide bonds. The van der Waals surface area contributed by atoms with E-state index in [1.807, 2.05) is 0 Å². The second kappa shape index (κ2) is 7.08. The summed E-state index contributed by atoms with van der Waals surface area (Å²) >= 11 is 0.658. The van der Waals surface area contributed by atoms with Gasteiger partial charge in [0, 0.05) is 10.6 Å². The standard InChI is InChI=1S/C17H13F4N3O3S2/c1-9-12(15(25)23-11-2-3-13(18)10(6-11)8-22)7-14(28-9)29(26,27)24-16(4-5-16)17(19,20)21/h2-3,6-7,24H,4-5H2,1H3,(H,23,25). The number of carbonyl (C=O) groups is 1. The first kappa shape index (κ1) is 21.2. The van der Waals surface area contributed by atoms with E-state index in [1.165, 1.54) is 13.0 Å². The van der Waals surface area contributed by atoms with Crippen molar-refractivity contribution in [2.75, 3.05) is 5.32 Å². The Morgan fingerprint density at radius 2 is 1.93 bits per heavy atom. The maximum Gasteiger partial charge on any atom is 0.407 e. The van der Waals surface area contributed by atoms with Crippen molar-refractivity contribution >= 4 is 33.0 Å². The number of carbonyl (C=O) groups excluding carboxylic acids is 1. The molecule has 12 heteroatoms. The number of nitrogens with one attached hydrogen (secondary N) is 2. The topological polar surface area (TPSA) is 99.1 Å². The zero-order chi connectivity index (χ0) is 21.6. The van der Waals surface area contributed by atoms with Gasteiger partial charge in [-0.15, -0.1) is 11.3 Å². The lowest BCUT2D eigenvalue weighted by Gasteiger charge is -2.19. The number of halogens is 4. The Bertz CT molecular complexity index is 1130. The van der Waals surface area contributed by atoms with Crippen LogP contribution in [0.2, 0.25) is 0 Å². The normalized spacial score (nSPS) is 15.6. The number of hydrogen-bond donors (Lipinski definition) is 2. The van der Waals surface area contributed by atoms with Crippen LogP contribution >= 0.6 is 11.3 Å². The number of hydrogen-bond acceptors (Lipinski definition) is 5. The Kier molecular flexibility index (Phi) is 5.18. The van der Waals surface area contributed by atoms with Gasteiger partial charge in [-0.05, 0) is 44.0 Å². The van der Waals surface area contributed by atoms with Gasteiger partial charge < -0.3 is 5.32 Å². The lowest BCUT2D eigenvalue weighted by molar-refractivity contribution is -0.160. The molecule has 0 bridgehead atoms. The van der Waals surface area contributed by atoms with Crippen LogP contribution in [-0.4, -0.2) is 26.0 Å². The van der Waals surface area contributed by atoms with Gasteiger partial charge in [-0.3, -0.25) is 4.79 Å². The van der Waals surface area contributed by atoms with Crippen molar-refractivity contribution in [2.24, 2.45) is 0 Å². The van der Waals surface area contributed by atoms with Crippen molar-refractivity contribution in [1.29, 1.82) is 5.26 Å². The van der Waals surface area contributed by atoms with Crippen LogP contribution in [0.5, 0.6) is 0 Å². The van der Waals surface area contributed by atoms with Gasteiger partial charge in [0.25, 0.3) is 15.9 Å². The Hall–Kier alpha value is -2.49. The zero-order valence-corrected chi connectivity index (χ0v) is 16.4. The minimum atomic E-state index is -4.71. The van der Waals surface area contributed by atoms with E-state index in [-0.39, 0.29) is 34.5 Å². The van der Waals surface area contributed by atoms with Crippen molar-refractivity contribution in [1.82, 2.24) is 4.72 Å². The summed E-state index contributed by atoms with van der Waals surface area (Å²) in [6.07, 6.45) is -5.41. The smallest absolute Gasteiger partial charge is 0.322 e. The van der Waals surface area contributed by atoms with Gasteiger partial charge in [0.15, 0.2) is 0 Å². The van der Waals surface area contributed by atoms with Crippen molar-refractivity contribution < 1.29 is 30.8 Å². The van der Waals surface area contributed by atoms with Crippen LogP contribution < -0.4 is 10.0 Å². The van der Waals surface area contributed by atoms with Crippen LogP contribution in [-0.2, 0) is 10.0 Å². The molecule has 2 N–H and O–H groups in total. The van der Waals surface area contributed by atoms with E-state index in [1.54, 1.807) is 10.8 Å². The summed E-state index contributed by atoms with van der Waals surface area (Å²) in [7, 11) is -4.49. The number of sulfonamides is 1. The van der Waals surface area contributed by atoms with Crippen LogP contribution in [0.4, 0.5) is 23.2 Å². The molecule has 2 aromatic rings. The first-order valence-electron chi connectivity index (χ1n) is 8.11. The summed E-state index contributed by atoms with van der Waals surface area (Å²) in [5.74, 6) is -1.51. The highest BCUT2D eigenvalue weighted by Gasteiger charge is 2.65. The molecule has 29 heavy (non-hydrogen) atoms. The van der Waals surface area contributed by atoms with E-state index in [2.05, 4.69) is 5.32 Å². The van der Waals surface area contributed by atoms with Crippen molar-refractivity contribution in [3.63, 3.8) is 0 Å². The average Bonchev–Trinajstić information content (AvgIpc) is 3.29. The maximum absolute atomic E-state index is 13.4. The van der Waals surface area contributed by atoms with Gasteiger partial charge in [0.1, 0.15) is 21.6 Å². The lowest BCUT2D eigenvalue weighted by atomic mass is 10.2. The number of aryl methyl sites for hydroxylation is 1. The zero-order valence-electron chi connectivity index (χ0n) is 14.7. The molecule has 3 rings (SSSR count). The minimum absolute atomic E-state index is 0.0601. The maximum atomic E-state index is 13.4. The first-order valence-corrected chi connectivity index (χ1v) is 10.4. The third kappa shape index (κ3) is 4.12. The predicted molar refractivity (Wildman–Crippen MR) is 96.5 cm³/mol. The molecule has 154 valence electrons. The van der Waals surface area contributed by atoms with E-state index < -0.39 is 37.7 Å². The fourth-order valence-corrected chi connectivity index (χ4v) is 5.46. The summed E-state index contributed by atoms with van der Waals surface area (Å²) in [5, 5.41) is 11.2. The fraction of sp³-hybridized carbons (Fsp3) is 0.294. The van der Waals surface area contributed by atoms with E-state index in [4.69, 9.17) is 5.26 Å². The van der Waals surface area contributed by atoms with Crippen molar-refractivity contribution in [3.8, 4) is 6.07 Å². The molecule has 0 spiro atoms. The molecule has 0 radical (unpaired) electrons. The highest BCUT2D eigenvalue weighted by Crippen LogP contribution is 2.50. The second-order valence-corrected chi connectivity index (χ2v) is 9.65. The van der Waals surface area contributed by atoms with E-state index in [0.717, 1.165) is 18.2 Å². The molecule has 1 aliphatic rings. The number of nitriles is 1. The quantitative estimate of drug-likeness (QED) is 0.683. The first-order chi connectivity index (χ1) is 13.4. The third-order valence-electron chi connectivity index (χ3n) is 4.37. The lowest BCUT2D eigenvalue weighted by Crippen LogP contribution is -2.47. The number of rotatable bonds is 5. The second-order valence-electron chi connectivity index (χ2n) is 6.48. The number of anilines is 1. The molecule has 1 aliphatic carbocycles. The molecule has 1 saturated carbocycles. The number of nitrogens with zero attached hydrogens (tertiary/aromatic N) is 1. The molecule has 1 aromatic carbocycles. The minimum Gasteiger partial charge on any atom is -0.322 e. The molecule has 0 atom stereocenters. The van der Waals surface area contributed by atoms with Crippen LogP contribution in [0.3, 0.4) is 0 Å². The molecule has 0 unspecified atom stereocenters. The Balaban J connectivity index is 1.83. The Labute approximate surface area is 167 Å². The summed E-state index contributed by atoms with van der Waals surface area (Å²) in [4.78, 5) is 12.7. The molecule has 0 saturated heterocycles. The van der Waals surface area contributed by atoms with E-state index in [9.17, 15) is 30.8 Å². The molecule has 1 aromatic heterocycles. The SMILES string of the molecule is Cc1sc(S(=O)(=O)NC2(C(F)(F)F)CC2)cc1C(=O)Nc1ccc(F)c(C#N)c1. The summed E-state index contributed by atoms with van der Waals surface area (Å²) in [6.45, 7) is 1.45. The highest BCUT2D eigenvalue weighted by atomic mass is 32.2. The molecular weight excluding hydrogens is 434 g/mol. The average molecular weight is 447 g/mol. The van der Waals surface area contributed by atoms with Crippen LogP contribution in [0.25, 0.3) is 0 Å². The Morgan fingerprint density at radius 3 is 2.48 bits per heavy atom. The number of benzene rings is 1.